The van der Waals surface area contributed by atoms with Crippen molar-refractivity contribution in [3.05, 3.63) is 10.1 Å². The van der Waals surface area contributed by atoms with Gasteiger partial charge in [0.05, 0.1) is 6.61 Å². The van der Waals surface area contributed by atoms with Gasteiger partial charge in [-0.05, 0) is 6.42 Å². The number of hydrogen-bond donors (Lipinski definition) is 0. The van der Waals surface area contributed by atoms with Crippen LogP contribution in [0.1, 0.15) is 103 Å². The molecular weight excluding hydrogens is 266 g/mol. The van der Waals surface area contributed by atoms with Gasteiger partial charge in [-0.1, -0.05) is 96.8 Å². The lowest BCUT2D eigenvalue weighted by Gasteiger charge is -2.03. The zero-order valence-corrected chi connectivity index (χ0v) is 14.0. The first-order chi connectivity index (χ1) is 10.3. The van der Waals surface area contributed by atoms with Crippen LogP contribution in [-0.2, 0) is 4.84 Å². The van der Waals surface area contributed by atoms with Crippen molar-refractivity contribution >= 4 is 0 Å². The highest BCUT2D eigenvalue weighted by molar-refractivity contribution is 4.49. The van der Waals surface area contributed by atoms with Crippen molar-refractivity contribution in [2.24, 2.45) is 0 Å². The summed E-state index contributed by atoms with van der Waals surface area (Å²) in [5, 5.41) is 9.23. The number of nitrogens with zero attached hydrogens (tertiary/aromatic N) is 1. The summed E-state index contributed by atoms with van der Waals surface area (Å²) in [6.45, 7) is 2.52. The van der Waals surface area contributed by atoms with Crippen LogP contribution in [0.25, 0.3) is 0 Å². The topological polar surface area (TPSA) is 52.4 Å². The minimum Gasteiger partial charge on any atom is -0.314 e. The van der Waals surface area contributed by atoms with E-state index in [0.717, 1.165) is 12.8 Å². The molecule has 0 heterocycles. The van der Waals surface area contributed by atoms with Crippen LogP contribution in [0.5, 0.6) is 0 Å². The second kappa shape index (κ2) is 17.3. The Hall–Kier alpha value is -0.800. The molecule has 0 N–H and O–H groups in total. The molecule has 0 fully saturated rings. The van der Waals surface area contributed by atoms with Crippen LogP contribution in [0.4, 0.5) is 0 Å². The Morgan fingerprint density at radius 2 is 1.00 bits per heavy atom. The van der Waals surface area contributed by atoms with Gasteiger partial charge >= 0.3 is 0 Å². The van der Waals surface area contributed by atoms with E-state index < -0.39 is 5.09 Å². The summed E-state index contributed by atoms with van der Waals surface area (Å²) >= 11 is 0. The molecule has 0 saturated heterocycles. The first kappa shape index (κ1) is 20.2. The van der Waals surface area contributed by atoms with E-state index in [1.54, 1.807) is 0 Å². The van der Waals surface area contributed by atoms with Gasteiger partial charge in [-0.15, -0.1) is 10.1 Å². The molecule has 0 atom stereocenters. The van der Waals surface area contributed by atoms with Crippen LogP contribution in [-0.4, -0.2) is 11.7 Å². The predicted octanol–water partition coefficient (Wildman–Crippen LogP) is 6.07. The minimum absolute atomic E-state index is 0.255. The highest BCUT2D eigenvalue weighted by Crippen LogP contribution is 2.13. The Kier molecular flexibility index (Phi) is 16.6. The Balaban J connectivity index is 2.95. The average molecular weight is 301 g/mol. The molecule has 4 nitrogen and oxygen atoms in total. The maximum Gasteiger partial charge on any atom is 0.294 e. The fourth-order valence-electron chi connectivity index (χ4n) is 2.61. The van der Waals surface area contributed by atoms with Crippen LogP contribution in [0.3, 0.4) is 0 Å². The molecule has 0 aromatic heterocycles. The summed E-state index contributed by atoms with van der Waals surface area (Å²) in [5.74, 6) is 0. The van der Waals surface area contributed by atoms with Gasteiger partial charge in [0.2, 0.25) is 0 Å². The van der Waals surface area contributed by atoms with Crippen LogP contribution in [0.15, 0.2) is 0 Å². The minimum atomic E-state index is -0.705. The summed E-state index contributed by atoms with van der Waals surface area (Å²) in [7, 11) is 0. The van der Waals surface area contributed by atoms with E-state index in [-0.39, 0.29) is 6.61 Å². The Bertz CT molecular complexity index is 222. The van der Waals surface area contributed by atoms with Crippen molar-refractivity contribution in [3.8, 4) is 0 Å². The van der Waals surface area contributed by atoms with Gasteiger partial charge in [-0.25, -0.2) is 0 Å². The standard InChI is InChI=1S/C17H35NO3/c1-2-3-4-5-6-7-8-9-10-11-12-13-14-15-16-17-21-18(19)20/h2-17H2,1H3. The van der Waals surface area contributed by atoms with E-state index in [9.17, 15) is 10.1 Å². The molecule has 0 saturated carbocycles. The quantitative estimate of drug-likeness (QED) is 0.186. The number of unbranched alkanes of at least 4 members (excludes halogenated alkanes) is 14. The molecule has 21 heavy (non-hydrogen) atoms. The smallest absolute Gasteiger partial charge is 0.294 e. The van der Waals surface area contributed by atoms with Crippen LogP contribution in [0.2, 0.25) is 0 Å². The third kappa shape index (κ3) is 19.2. The van der Waals surface area contributed by atoms with Crippen LogP contribution >= 0.6 is 0 Å². The van der Waals surface area contributed by atoms with E-state index in [1.807, 2.05) is 0 Å². The second-order valence-corrected chi connectivity index (χ2v) is 6.01. The molecule has 0 radical (unpaired) electrons. The van der Waals surface area contributed by atoms with Crippen LogP contribution < -0.4 is 0 Å². The summed E-state index contributed by atoms with van der Waals surface area (Å²) in [4.78, 5) is 14.2. The summed E-state index contributed by atoms with van der Waals surface area (Å²) in [5.41, 5.74) is 0. The second-order valence-electron chi connectivity index (χ2n) is 6.01. The molecule has 0 aliphatic carbocycles. The monoisotopic (exact) mass is 301 g/mol. The van der Waals surface area contributed by atoms with Gasteiger partial charge in [-0.2, -0.15) is 0 Å². The largest absolute Gasteiger partial charge is 0.314 e. The summed E-state index contributed by atoms with van der Waals surface area (Å²) in [6, 6.07) is 0. The SMILES string of the molecule is CCCCCCCCCCCCCCCCCO[N+](=O)[O-]. The van der Waals surface area contributed by atoms with Crippen molar-refractivity contribution in [1.82, 2.24) is 0 Å². The molecule has 0 aromatic rings. The van der Waals surface area contributed by atoms with E-state index in [1.165, 1.54) is 83.5 Å². The molecule has 0 unspecified atom stereocenters. The number of rotatable bonds is 17. The normalized spacial score (nSPS) is 10.7. The van der Waals surface area contributed by atoms with Crippen molar-refractivity contribution in [2.75, 3.05) is 6.61 Å². The van der Waals surface area contributed by atoms with Crippen molar-refractivity contribution in [1.29, 1.82) is 0 Å². The third-order valence-electron chi connectivity index (χ3n) is 3.94. The van der Waals surface area contributed by atoms with Gasteiger partial charge in [0, 0.05) is 0 Å². The Morgan fingerprint density at radius 1 is 0.667 bits per heavy atom. The molecule has 0 aromatic carbocycles. The van der Waals surface area contributed by atoms with Crippen LogP contribution in [0, 0.1) is 10.1 Å². The maximum atomic E-state index is 9.93. The molecule has 0 aliphatic rings. The molecular formula is C17H35NO3. The van der Waals surface area contributed by atoms with Gasteiger partial charge in [-0.3, -0.25) is 0 Å². The fraction of sp³-hybridized carbons (Fsp3) is 1.00. The van der Waals surface area contributed by atoms with E-state index >= 15 is 0 Å². The van der Waals surface area contributed by atoms with Gasteiger partial charge in [0.15, 0.2) is 0 Å². The molecule has 0 amide bonds. The number of hydrogen-bond acceptors (Lipinski definition) is 3. The van der Waals surface area contributed by atoms with E-state index in [4.69, 9.17) is 0 Å². The predicted molar refractivity (Wildman–Crippen MR) is 87.9 cm³/mol. The molecule has 126 valence electrons. The van der Waals surface area contributed by atoms with Gasteiger partial charge in [0.1, 0.15) is 0 Å². The lowest BCUT2D eigenvalue weighted by molar-refractivity contribution is -0.757. The highest BCUT2D eigenvalue weighted by Gasteiger charge is 1.96. The fourth-order valence-corrected chi connectivity index (χ4v) is 2.61. The molecule has 4 heteroatoms. The third-order valence-corrected chi connectivity index (χ3v) is 3.94. The summed E-state index contributed by atoms with van der Waals surface area (Å²) < 4.78 is 0. The molecule has 0 spiro atoms. The zero-order valence-electron chi connectivity index (χ0n) is 14.0. The van der Waals surface area contributed by atoms with Crippen molar-refractivity contribution < 1.29 is 9.92 Å². The molecule has 0 bridgehead atoms. The van der Waals surface area contributed by atoms with Gasteiger partial charge < -0.3 is 4.84 Å². The molecule has 0 aliphatic heterocycles. The van der Waals surface area contributed by atoms with Crippen molar-refractivity contribution in [3.63, 3.8) is 0 Å². The maximum absolute atomic E-state index is 9.93. The lowest BCUT2D eigenvalue weighted by Crippen LogP contribution is -2.01. The average Bonchev–Trinajstić information content (AvgIpc) is 2.46. The Morgan fingerprint density at radius 3 is 1.33 bits per heavy atom. The lowest BCUT2D eigenvalue weighted by atomic mass is 10.0. The first-order valence-electron chi connectivity index (χ1n) is 9.04. The van der Waals surface area contributed by atoms with E-state index in [2.05, 4.69) is 11.8 Å². The van der Waals surface area contributed by atoms with E-state index in [0.29, 0.717) is 0 Å². The Labute approximate surface area is 130 Å². The zero-order chi connectivity index (χ0) is 15.6. The highest BCUT2D eigenvalue weighted by atomic mass is 16.9. The molecule has 0 rings (SSSR count). The van der Waals surface area contributed by atoms with Crippen molar-refractivity contribution in [2.45, 2.75) is 103 Å². The summed E-state index contributed by atoms with van der Waals surface area (Å²) in [6.07, 6.45) is 19.5. The van der Waals surface area contributed by atoms with Gasteiger partial charge in [0.25, 0.3) is 5.09 Å². The first-order valence-corrected chi connectivity index (χ1v) is 9.04.